The molecule has 0 heterocycles. The van der Waals surface area contributed by atoms with Gasteiger partial charge in [-0.1, -0.05) is 72.8 Å². The second-order valence-corrected chi connectivity index (χ2v) is 8.05. The molecule has 0 saturated carbocycles. The molecule has 0 aliphatic heterocycles. The van der Waals surface area contributed by atoms with Crippen LogP contribution in [0, 0.1) is 0 Å². The first-order valence-electron chi connectivity index (χ1n) is 11.3. The van der Waals surface area contributed by atoms with E-state index in [1.54, 1.807) is 37.6 Å². The van der Waals surface area contributed by atoms with Crippen molar-refractivity contribution in [2.24, 2.45) is 5.10 Å². The molecule has 5 heteroatoms. The summed E-state index contributed by atoms with van der Waals surface area (Å²) in [5.74, 6) is 1.08. The quantitative estimate of drug-likeness (QED) is 0.228. The highest BCUT2D eigenvalue weighted by Crippen LogP contribution is 2.28. The number of nitrogens with one attached hydrogen (secondary N) is 1. The van der Waals surface area contributed by atoms with Crippen LogP contribution < -0.4 is 14.9 Å². The number of benzene rings is 5. The Balaban J connectivity index is 1.41. The van der Waals surface area contributed by atoms with Gasteiger partial charge in [0.25, 0.3) is 5.91 Å². The number of nitrogens with zero attached hydrogens (tertiary/aromatic N) is 1. The fraction of sp³-hybridized carbons (Fsp3) is 0.0667. The summed E-state index contributed by atoms with van der Waals surface area (Å²) in [6.45, 7) is 0.415. The van der Waals surface area contributed by atoms with Gasteiger partial charge in [-0.05, 0) is 57.4 Å². The Morgan fingerprint density at radius 1 is 0.800 bits per heavy atom. The number of fused-ring (bicyclic) bond motifs is 2. The van der Waals surface area contributed by atoms with E-state index in [4.69, 9.17) is 9.47 Å². The fourth-order valence-electron chi connectivity index (χ4n) is 4.07. The summed E-state index contributed by atoms with van der Waals surface area (Å²) in [4.78, 5) is 12.5. The van der Waals surface area contributed by atoms with Crippen LogP contribution in [0.1, 0.15) is 21.5 Å². The van der Waals surface area contributed by atoms with Crippen LogP contribution in [0.25, 0.3) is 21.5 Å². The fourth-order valence-corrected chi connectivity index (χ4v) is 4.07. The first kappa shape index (κ1) is 22.2. The van der Waals surface area contributed by atoms with Crippen LogP contribution in [0.3, 0.4) is 0 Å². The number of hydrogen-bond donors (Lipinski definition) is 1. The maximum absolute atomic E-state index is 12.5. The van der Waals surface area contributed by atoms with Crippen molar-refractivity contribution in [3.63, 3.8) is 0 Å². The first-order chi connectivity index (χ1) is 17.2. The molecule has 0 aromatic heterocycles. The van der Waals surface area contributed by atoms with Crippen molar-refractivity contribution >= 4 is 33.7 Å². The highest BCUT2D eigenvalue weighted by molar-refractivity contribution is 6.03. The SMILES string of the molecule is COc1ccc(C(=O)N/N=C\c2c(OCc3cccc4ccccc34)ccc3ccccc23)cc1. The summed E-state index contributed by atoms with van der Waals surface area (Å²) in [6.07, 6.45) is 1.64. The maximum atomic E-state index is 12.5. The van der Waals surface area contributed by atoms with Gasteiger partial charge >= 0.3 is 0 Å². The van der Waals surface area contributed by atoms with Gasteiger partial charge in [-0.2, -0.15) is 5.10 Å². The topological polar surface area (TPSA) is 59.9 Å². The van der Waals surface area contributed by atoms with Gasteiger partial charge in [0.2, 0.25) is 0 Å². The van der Waals surface area contributed by atoms with E-state index in [1.807, 2.05) is 54.6 Å². The summed E-state index contributed by atoms with van der Waals surface area (Å²) in [6, 6.07) is 33.3. The predicted octanol–water partition coefficient (Wildman–Crippen LogP) is 6.34. The van der Waals surface area contributed by atoms with Crippen LogP contribution in [-0.2, 0) is 6.61 Å². The third-order valence-corrected chi connectivity index (χ3v) is 5.91. The van der Waals surface area contributed by atoms with Crippen molar-refractivity contribution in [1.82, 2.24) is 5.43 Å². The molecular weight excluding hydrogens is 436 g/mol. The lowest BCUT2D eigenvalue weighted by Crippen LogP contribution is -2.17. The van der Waals surface area contributed by atoms with E-state index in [0.717, 1.165) is 27.3 Å². The number of rotatable bonds is 7. The van der Waals surface area contributed by atoms with E-state index >= 15 is 0 Å². The number of carbonyl (C=O) groups excluding carboxylic acids is 1. The van der Waals surface area contributed by atoms with Crippen LogP contribution in [0.2, 0.25) is 0 Å². The molecule has 0 saturated heterocycles. The summed E-state index contributed by atoms with van der Waals surface area (Å²) in [5, 5.41) is 8.64. The highest BCUT2D eigenvalue weighted by Gasteiger charge is 2.10. The average molecular weight is 461 g/mol. The molecule has 0 atom stereocenters. The number of ether oxygens (including phenoxy) is 2. The summed E-state index contributed by atoms with van der Waals surface area (Å²) in [7, 11) is 1.59. The normalized spacial score (nSPS) is 11.1. The molecular formula is C30H24N2O3. The van der Waals surface area contributed by atoms with Crippen molar-refractivity contribution in [1.29, 1.82) is 0 Å². The minimum absolute atomic E-state index is 0.303. The maximum Gasteiger partial charge on any atom is 0.271 e. The van der Waals surface area contributed by atoms with Gasteiger partial charge in [0.15, 0.2) is 0 Å². The lowest BCUT2D eigenvalue weighted by molar-refractivity contribution is 0.0955. The Kier molecular flexibility index (Phi) is 6.39. The number of methoxy groups -OCH3 is 1. The largest absolute Gasteiger partial charge is 0.497 e. The molecule has 0 unspecified atom stereocenters. The van der Waals surface area contributed by atoms with Crippen molar-refractivity contribution in [3.05, 3.63) is 120 Å². The molecule has 5 aromatic carbocycles. The van der Waals surface area contributed by atoms with Crippen LogP contribution in [0.15, 0.2) is 108 Å². The van der Waals surface area contributed by atoms with Gasteiger partial charge < -0.3 is 9.47 Å². The van der Waals surface area contributed by atoms with Crippen molar-refractivity contribution in [2.45, 2.75) is 6.61 Å². The van der Waals surface area contributed by atoms with Gasteiger partial charge in [0, 0.05) is 11.1 Å². The molecule has 5 rings (SSSR count). The number of carbonyl (C=O) groups is 1. The molecule has 0 aliphatic rings. The molecule has 172 valence electrons. The Morgan fingerprint density at radius 2 is 1.49 bits per heavy atom. The van der Waals surface area contributed by atoms with Gasteiger partial charge in [-0.25, -0.2) is 5.43 Å². The van der Waals surface area contributed by atoms with Crippen molar-refractivity contribution < 1.29 is 14.3 Å². The van der Waals surface area contributed by atoms with Crippen LogP contribution in [0.5, 0.6) is 11.5 Å². The number of hydrazone groups is 1. The average Bonchev–Trinajstić information content (AvgIpc) is 2.92. The van der Waals surface area contributed by atoms with Crippen LogP contribution in [-0.4, -0.2) is 19.2 Å². The summed E-state index contributed by atoms with van der Waals surface area (Å²) < 4.78 is 11.4. The van der Waals surface area contributed by atoms with E-state index in [1.165, 1.54) is 5.39 Å². The predicted molar refractivity (Wildman–Crippen MR) is 140 cm³/mol. The Hall–Kier alpha value is -4.64. The third kappa shape index (κ3) is 4.84. The van der Waals surface area contributed by atoms with Gasteiger partial charge in [-0.15, -0.1) is 0 Å². The van der Waals surface area contributed by atoms with Crippen LogP contribution >= 0.6 is 0 Å². The molecule has 5 aromatic rings. The Labute approximate surface area is 203 Å². The smallest absolute Gasteiger partial charge is 0.271 e. The summed E-state index contributed by atoms with van der Waals surface area (Å²) in [5.41, 5.74) is 5.01. The number of hydrogen-bond acceptors (Lipinski definition) is 4. The van der Waals surface area contributed by atoms with E-state index < -0.39 is 0 Å². The van der Waals surface area contributed by atoms with Crippen LogP contribution in [0.4, 0.5) is 0 Å². The highest BCUT2D eigenvalue weighted by atomic mass is 16.5. The monoisotopic (exact) mass is 460 g/mol. The zero-order chi connectivity index (χ0) is 24.0. The van der Waals surface area contributed by atoms with Crippen molar-refractivity contribution in [3.8, 4) is 11.5 Å². The lowest BCUT2D eigenvalue weighted by Gasteiger charge is -2.13. The van der Waals surface area contributed by atoms with E-state index in [0.29, 0.717) is 23.7 Å². The zero-order valence-electron chi connectivity index (χ0n) is 19.3. The molecule has 0 aliphatic carbocycles. The molecule has 5 nitrogen and oxygen atoms in total. The van der Waals surface area contributed by atoms with Gasteiger partial charge in [0.1, 0.15) is 18.1 Å². The lowest BCUT2D eigenvalue weighted by atomic mass is 10.0. The van der Waals surface area contributed by atoms with E-state index in [9.17, 15) is 4.79 Å². The molecule has 35 heavy (non-hydrogen) atoms. The van der Waals surface area contributed by atoms with Gasteiger partial charge in [-0.3, -0.25) is 4.79 Å². The molecule has 0 spiro atoms. The Bertz CT molecular complexity index is 1520. The molecule has 0 bridgehead atoms. The zero-order valence-corrected chi connectivity index (χ0v) is 19.3. The second kappa shape index (κ2) is 10.1. The third-order valence-electron chi connectivity index (χ3n) is 5.91. The molecule has 0 radical (unpaired) electrons. The summed E-state index contributed by atoms with van der Waals surface area (Å²) >= 11 is 0. The molecule has 1 amide bonds. The van der Waals surface area contributed by atoms with E-state index in [2.05, 4.69) is 34.8 Å². The molecule has 1 N–H and O–H groups in total. The minimum atomic E-state index is -0.303. The van der Waals surface area contributed by atoms with E-state index in [-0.39, 0.29) is 5.91 Å². The number of amides is 1. The standard InChI is InChI=1S/C30H24N2O3/c1-34-25-16-13-23(14-17-25)30(33)32-31-19-28-27-12-5-3-8-22(27)15-18-29(28)35-20-24-10-6-9-21-7-2-4-11-26(21)24/h2-19H,20H2,1H3,(H,32,33)/b31-19-. The minimum Gasteiger partial charge on any atom is -0.497 e. The second-order valence-electron chi connectivity index (χ2n) is 8.05. The Morgan fingerprint density at radius 3 is 2.26 bits per heavy atom. The molecule has 0 fully saturated rings. The van der Waals surface area contributed by atoms with Crippen molar-refractivity contribution in [2.75, 3.05) is 7.11 Å². The van der Waals surface area contributed by atoms with Gasteiger partial charge in [0.05, 0.1) is 13.3 Å². The first-order valence-corrected chi connectivity index (χ1v) is 11.3.